The standard InChI is InChI=1S/C25H30O7/c1-4-6-20-21(12-10-19(16(2)26)24(20)29-3)31-14-5-13-30-18-9-7-17-8-11-22(25(27)28)32-23(17)15-18/h7,9-10,12,15,22H,4-6,8,11,13-14H2,1-3H3,(H,27,28). The van der Waals surface area contributed by atoms with Crippen LogP contribution in [0.4, 0.5) is 0 Å². The van der Waals surface area contributed by atoms with E-state index < -0.39 is 12.1 Å². The molecular formula is C25H30O7. The Morgan fingerprint density at radius 1 is 1.16 bits per heavy atom. The van der Waals surface area contributed by atoms with Crippen molar-refractivity contribution >= 4 is 11.8 Å². The average Bonchev–Trinajstić information content (AvgIpc) is 2.78. The van der Waals surface area contributed by atoms with Gasteiger partial charge in [-0.25, -0.2) is 4.79 Å². The monoisotopic (exact) mass is 442 g/mol. The minimum Gasteiger partial charge on any atom is -0.496 e. The summed E-state index contributed by atoms with van der Waals surface area (Å²) in [7, 11) is 1.57. The molecule has 0 amide bonds. The van der Waals surface area contributed by atoms with Crippen LogP contribution in [0, 0.1) is 0 Å². The van der Waals surface area contributed by atoms with Crippen LogP contribution in [0.2, 0.25) is 0 Å². The van der Waals surface area contributed by atoms with Gasteiger partial charge in [-0.15, -0.1) is 0 Å². The number of aliphatic carboxylic acids is 1. The Labute approximate surface area is 188 Å². The molecule has 3 rings (SSSR count). The van der Waals surface area contributed by atoms with Gasteiger partial charge in [-0.2, -0.15) is 0 Å². The molecule has 2 aromatic carbocycles. The third kappa shape index (κ3) is 5.52. The van der Waals surface area contributed by atoms with Gasteiger partial charge in [0.1, 0.15) is 23.0 Å². The normalized spacial score (nSPS) is 14.8. The summed E-state index contributed by atoms with van der Waals surface area (Å²) in [5, 5.41) is 9.16. The van der Waals surface area contributed by atoms with Crippen molar-refractivity contribution in [3.63, 3.8) is 0 Å². The summed E-state index contributed by atoms with van der Waals surface area (Å²) in [6, 6.07) is 9.10. The van der Waals surface area contributed by atoms with Crippen LogP contribution in [-0.4, -0.2) is 43.3 Å². The van der Waals surface area contributed by atoms with Crippen molar-refractivity contribution in [3.05, 3.63) is 47.0 Å². The second kappa shape index (κ2) is 10.9. The van der Waals surface area contributed by atoms with Gasteiger partial charge < -0.3 is 24.1 Å². The molecule has 1 atom stereocenters. The minimum atomic E-state index is -0.950. The lowest BCUT2D eigenvalue weighted by molar-refractivity contribution is -0.145. The zero-order chi connectivity index (χ0) is 23.1. The van der Waals surface area contributed by atoms with E-state index in [0.717, 1.165) is 29.7 Å². The Balaban J connectivity index is 1.55. The third-order valence-electron chi connectivity index (χ3n) is 5.38. The van der Waals surface area contributed by atoms with E-state index in [1.807, 2.05) is 18.2 Å². The quantitative estimate of drug-likeness (QED) is 0.405. The first-order valence-electron chi connectivity index (χ1n) is 10.9. The number of ketones is 1. The molecule has 0 aromatic heterocycles. The van der Waals surface area contributed by atoms with Crippen molar-refractivity contribution < 1.29 is 33.6 Å². The van der Waals surface area contributed by atoms with E-state index in [4.69, 9.17) is 24.1 Å². The predicted octanol–water partition coefficient (Wildman–Crippen LogP) is 4.48. The fourth-order valence-electron chi connectivity index (χ4n) is 3.79. The Kier molecular flexibility index (Phi) is 7.98. The number of fused-ring (bicyclic) bond motifs is 1. The Morgan fingerprint density at radius 3 is 2.62 bits per heavy atom. The average molecular weight is 443 g/mol. The molecule has 2 aromatic rings. The maximum Gasteiger partial charge on any atom is 0.344 e. The van der Waals surface area contributed by atoms with Gasteiger partial charge in [-0.05, 0) is 49.9 Å². The van der Waals surface area contributed by atoms with Crippen LogP contribution in [0.3, 0.4) is 0 Å². The second-order valence-electron chi connectivity index (χ2n) is 7.73. The first-order valence-corrected chi connectivity index (χ1v) is 10.9. The Morgan fingerprint density at radius 2 is 1.94 bits per heavy atom. The number of ether oxygens (including phenoxy) is 4. The molecule has 7 nitrogen and oxygen atoms in total. The maximum absolute atomic E-state index is 11.9. The summed E-state index contributed by atoms with van der Waals surface area (Å²) in [5.41, 5.74) is 2.46. The first kappa shape index (κ1) is 23.4. The summed E-state index contributed by atoms with van der Waals surface area (Å²) in [4.78, 5) is 23.1. The highest BCUT2D eigenvalue weighted by Gasteiger charge is 2.25. The number of carbonyl (C=O) groups is 2. The molecule has 0 aliphatic carbocycles. The van der Waals surface area contributed by atoms with Crippen molar-refractivity contribution in [1.29, 1.82) is 0 Å². The fourth-order valence-corrected chi connectivity index (χ4v) is 3.79. The third-order valence-corrected chi connectivity index (χ3v) is 5.38. The maximum atomic E-state index is 11.9. The summed E-state index contributed by atoms with van der Waals surface area (Å²) in [5.74, 6) is 1.52. The smallest absolute Gasteiger partial charge is 0.344 e. The van der Waals surface area contributed by atoms with Crippen molar-refractivity contribution in [3.8, 4) is 23.0 Å². The van der Waals surface area contributed by atoms with E-state index in [9.17, 15) is 9.59 Å². The highest BCUT2D eigenvalue weighted by molar-refractivity contribution is 5.97. The number of hydrogen-bond donors (Lipinski definition) is 1. The number of carbonyl (C=O) groups excluding carboxylic acids is 1. The van der Waals surface area contributed by atoms with E-state index in [1.165, 1.54) is 6.92 Å². The van der Waals surface area contributed by atoms with Crippen molar-refractivity contribution in [2.75, 3.05) is 20.3 Å². The van der Waals surface area contributed by atoms with Crippen LogP contribution >= 0.6 is 0 Å². The Hall–Kier alpha value is -3.22. The lowest BCUT2D eigenvalue weighted by Gasteiger charge is -2.23. The number of hydrogen-bond acceptors (Lipinski definition) is 6. The minimum absolute atomic E-state index is 0.0390. The van der Waals surface area contributed by atoms with Gasteiger partial charge in [-0.1, -0.05) is 19.4 Å². The molecule has 0 spiro atoms. The molecule has 0 fully saturated rings. The topological polar surface area (TPSA) is 91.3 Å². The molecule has 32 heavy (non-hydrogen) atoms. The number of aryl methyl sites for hydroxylation is 1. The second-order valence-corrected chi connectivity index (χ2v) is 7.73. The van der Waals surface area contributed by atoms with Gasteiger partial charge in [0, 0.05) is 18.1 Å². The number of Topliss-reactive ketones (excluding diaryl/α,β-unsaturated/α-hetero) is 1. The van der Waals surface area contributed by atoms with Gasteiger partial charge in [0.05, 0.1) is 25.9 Å². The predicted molar refractivity (Wildman–Crippen MR) is 119 cm³/mol. The number of carboxylic acids is 1. The molecule has 7 heteroatoms. The number of carboxylic acid groups (broad SMARTS) is 1. The molecule has 1 aliphatic rings. The van der Waals surface area contributed by atoms with Crippen LogP contribution in [0.5, 0.6) is 23.0 Å². The zero-order valence-corrected chi connectivity index (χ0v) is 18.8. The molecule has 0 radical (unpaired) electrons. The summed E-state index contributed by atoms with van der Waals surface area (Å²) < 4.78 is 22.9. The molecule has 0 saturated heterocycles. The van der Waals surface area contributed by atoms with E-state index in [0.29, 0.717) is 55.3 Å². The molecule has 0 bridgehead atoms. The van der Waals surface area contributed by atoms with E-state index in [1.54, 1.807) is 19.2 Å². The van der Waals surface area contributed by atoms with Crippen molar-refractivity contribution in [2.24, 2.45) is 0 Å². The molecule has 1 aliphatic heterocycles. The van der Waals surface area contributed by atoms with E-state index in [2.05, 4.69) is 6.92 Å². The van der Waals surface area contributed by atoms with E-state index in [-0.39, 0.29) is 5.78 Å². The molecule has 1 N–H and O–H groups in total. The van der Waals surface area contributed by atoms with Gasteiger partial charge in [0.25, 0.3) is 0 Å². The molecule has 1 unspecified atom stereocenters. The summed E-state index contributed by atoms with van der Waals surface area (Å²) in [6.45, 7) is 4.48. The fraction of sp³-hybridized carbons (Fsp3) is 0.440. The van der Waals surface area contributed by atoms with Crippen molar-refractivity contribution in [1.82, 2.24) is 0 Å². The van der Waals surface area contributed by atoms with E-state index >= 15 is 0 Å². The van der Waals surface area contributed by atoms with Gasteiger partial charge in [0.15, 0.2) is 11.9 Å². The van der Waals surface area contributed by atoms with Crippen molar-refractivity contribution in [2.45, 2.75) is 52.1 Å². The SMILES string of the molecule is CCCc1c(OCCCOc2ccc3c(c2)OC(C(=O)O)CC3)ccc(C(C)=O)c1OC. The lowest BCUT2D eigenvalue weighted by Crippen LogP contribution is -2.30. The first-order chi connectivity index (χ1) is 15.4. The van der Waals surface area contributed by atoms with Gasteiger partial charge >= 0.3 is 5.97 Å². The molecule has 172 valence electrons. The Bertz CT molecular complexity index is 967. The molecular weight excluding hydrogens is 412 g/mol. The number of benzene rings is 2. The highest BCUT2D eigenvalue weighted by atomic mass is 16.5. The van der Waals surface area contributed by atoms with Gasteiger partial charge in [-0.3, -0.25) is 4.79 Å². The van der Waals surface area contributed by atoms with Crippen LogP contribution < -0.4 is 18.9 Å². The van der Waals surface area contributed by atoms with Crippen LogP contribution in [0.25, 0.3) is 0 Å². The summed E-state index contributed by atoms with van der Waals surface area (Å²) in [6.07, 6.45) is 2.64. The molecule has 1 heterocycles. The number of rotatable bonds is 11. The number of methoxy groups -OCH3 is 1. The summed E-state index contributed by atoms with van der Waals surface area (Å²) >= 11 is 0. The van der Waals surface area contributed by atoms with Gasteiger partial charge in [0.2, 0.25) is 0 Å². The highest BCUT2D eigenvalue weighted by Crippen LogP contribution is 2.34. The van der Waals surface area contributed by atoms with Crippen LogP contribution in [-0.2, 0) is 17.6 Å². The van der Waals surface area contributed by atoms with Crippen LogP contribution in [0.15, 0.2) is 30.3 Å². The lowest BCUT2D eigenvalue weighted by atomic mass is 10.0. The van der Waals surface area contributed by atoms with Crippen LogP contribution in [0.1, 0.15) is 54.6 Å². The zero-order valence-electron chi connectivity index (χ0n) is 18.8. The molecule has 0 saturated carbocycles. The largest absolute Gasteiger partial charge is 0.496 e.